The first-order valence-corrected chi connectivity index (χ1v) is 7.63. The average Bonchev–Trinajstić information content (AvgIpc) is 2.98. The number of carboxylic acids is 2. The second-order valence-corrected chi connectivity index (χ2v) is 6.29. The summed E-state index contributed by atoms with van der Waals surface area (Å²) in [4.78, 5) is 34.8. The van der Waals surface area contributed by atoms with Crippen LogP contribution < -0.4 is 5.32 Å². The maximum absolute atomic E-state index is 12.3. The lowest BCUT2D eigenvalue weighted by Gasteiger charge is -2.12. The van der Waals surface area contributed by atoms with E-state index in [1.165, 1.54) is 0 Å². The lowest BCUT2D eigenvalue weighted by molar-refractivity contribution is -0.145. The summed E-state index contributed by atoms with van der Waals surface area (Å²) in [5.41, 5.74) is 0.593. The summed E-state index contributed by atoms with van der Waals surface area (Å²) < 4.78 is 1.75. The zero-order valence-electron chi connectivity index (χ0n) is 12.7. The third-order valence-electron chi connectivity index (χ3n) is 3.22. The largest absolute Gasteiger partial charge is 0.481 e. The molecule has 1 amide bonds. The molecule has 9 nitrogen and oxygen atoms in total. The molecule has 0 saturated carbocycles. The van der Waals surface area contributed by atoms with E-state index < -0.39 is 30.3 Å². The molecule has 0 fully saturated rings. The Bertz CT molecular complexity index is 779. The van der Waals surface area contributed by atoms with Crippen LogP contribution in [0.25, 0.3) is 4.96 Å². The second-order valence-electron chi connectivity index (χ2n) is 5.31. The predicted octanol–water partition coefficient (Wildman–Crippen LogP) is 0.880. The van der Waals surface area contributed by atoms with Crippen LogP contribution in [0.15, 0.2) is 0 Å². The van der Waals surface area contributed by atoms with Crippen molar-refractivity contribution in [2.75, 3.05) is 0 Å². The first-order chi connectivity index (χ1) is 10.7. The number of carboxylic acid groups (broad SMARTS) is 2. The van der Waals surface area contributed by atoms with Gasteiger partial charge in [-0.1, -0.05) is 25.2 Å². The van der Waals surface area contributed by atoms with Gasteiger partial charge in [-0.25, -0.2) is 4.79 Å². The lowest BCUT2D eigenvalue weighted by atomic mass is 10.2. The zero-order chi connectivity index (χ0) is 17.3. The summed E-state index contributed by atoms with van der Waals surface area (Å²) in [5.74, 6) is -2.53. The van der Waals surface area contributed by atoms with Gasteiger partial charge in [-0.05, 0) is 6.92 Å². The van der Waals surface area contributed by atoms with E-state index in [0.29, 0.717) is 16.5 Å². The number of amides is 1. The van der Waals surface area contributed by atoms with Gasteiger partial charge in [-0.2, -0.15) is 0 Å². The molecule has 2 rings (SSSR count). The molecule has 10 heteroatoms. The monoisotopic (exact) mass is 340 g/mol. The summed E-state index contributed by atoms with van der Waals surface area (Å²) in [6.07, 6.45) is -0.693. The number of carbonyl (C=O) groups is 3. The van der Waals surface area contributed by atoms with Crippen molar-refractivity contribution < 1.29 is 24.6 Å². The van der Waals surface area contributed by atoms with Gasteiger partial charge in [0.05, 0.1) is 6.42 Å². The summed E-state index contributed by atoms with van der Waals surface area (Å²) in [6, 6.07) is -1.49. The summed E-state index contributed by atoms with van der Waals surface area (Å²) in [7, 11) is 0. The summed E-state index contributed by atoms with van der Waals surface area (Å²) in [6.45, 7) is 5.60. The average molecular weight is 340 g/mol. The Morgan fingerprint density at radius 1 is 1.26 bits per heavy atom. The maximum atomic E-state index is 12.3. The van der Waals surface area contributed by atoms with Gasteiger partial charge in [0.1, 0.15) is 16.7 Å². The first kappa shape index (κ1) is 16.9. The van der Waals surface area contributed by atoms with Gasteiger partial charge in [-0.3, -0.25) is 14.0 Å². The van der Waals surface area contributed by atoms with E-state index in [9.17, 15) is 14.4 Å². The Labute approximate surface area is 135 Å². The Morgan fingerprint density at radius 2 is 1.91 bits per heavy atom. The molecule has 23 heavy (non-hydrogen) atoms. The number of aliphatic carboxylic acids is 2. The third kappa shape index (κ3) is 3.31. The van der Waals surface area contributed by atoms with E-state index in [1.807, 2.05) is 13.8 Å². The van der Waals surface area contributed by atoms with Crippen molar-refractivity contribution in [3.63, 3.8) is 0 Å². The van der Waals surface area contributed by atoms with Crippen LogP contribution in [0, 0.1) is 6.92 Å². The van der Waals surface area contributed by atoms with Crippen LogP contribution in [-0.2, 0) is 9.59 Å². The first-order valence-electron chi connectivity index (χ1n) is 6.82. The molecule has 0 saturated heterocycles. The van der Waals surface area contributed by atoms with Gasteiger partial charge in [-0.15, -0.1) is 10.2 Å². The third-order valence-corrected chi connectivity index (χ3v) is 4.35. The normalized spacial score (nSPS) is 12.5. The summed E-state index contributed by atoms with van der Waals surface area (Å²) >= 11 is 1.08. The highest BCUT2D eigenvalue weighted by molar-refractivity contribution is 7.19. The molecule has 1 unspecified atom stereocenters. The number of aryl methyl sites for hydroxylation is 1. The van der Waals surface area contributed by atoms with Crippen molar-refractivity contribution in [3.05, 3.63) is 16.4 Å². The molecule has 0 spiro atoms. The van der Waals surface area contributed by atoms with Gasteiger partial charge in [0, 0.05) is 11.6 Å². The van der Waals surface area contributed by atoms with Crippen LogP contribution >= 0.6 is 11.3 Å². The highest BCUT2D eigenvalue weighted by atomic mass is 32.1. The number of aromatic nitrogens is 3. The molecule has 1 atom stereocenters. The fourth-order valence-electron chi connectivity index (χ4n) is 2.11. The number of nitrogens with one attached hydrogen (secondary N) is 1. The fraction of sp³-hybridized carbons (Fsp3) is 0.462. The van der Waals surface area contributed by atoms with Gasteiger partial charge in [0.15, 0.2) is 0 Å². The molecule has 2 aromatic heterocycles. The highest BCUT2D eigenvalue weighted by Crippen LogP contribution is 2.25. The SMILES string of the molecule is Cc1c(C(=O)NC(CC(=O)O)C(=O)O)sc2nnc(C(C)C)n12. The Hall–Kier alpha value is -2.49. The fourth-order valence-corrected chi connectivity index (χ4v) is 3.09. The van der Waals surface area contributed by atoms with Crippen LogP contribution in [0.5, 0.6) is 0 Å². The van der Waals surface area contributed by atoms with E-state index in [1.54, 1.807) is 11.3 Å². The van der Waals surface area contributed by atoms with Crippen molar-refractivity contribution in [1.29, 1.82) is 0 Å². The number of carbonyl (C=O) groups excluding carboxylic acids is 1. The molecule has 0 bridgehead atoms. The van der Waals surface area contributed by atoms with Crippen LogP contribution in [-0.4, -0.2) is 48.7 Å². The summed E-state index contributed by atoms with van der Waals surface area (Å²) in [5, 5.41) is 28.0. The van der Waals surface area contributed by atoms with Crippen molar-refractivity contribution in [3.8, 4) is 0 Å². The molecule has 2 heterocycles. The molecule has 0 radical (unpaired) electrons. The van der Waals surface area contributed by atoms with E-state index in [2.05, 4.69) is 15.5 Å². The number of thiazole rings is 1. The molecule has 124 valence electrons. The van der Waals surface area contributed by atoms with Crippen molar-refractivity contribution in [2.45, 2.75) is 39.2 Å². The number of hydrogen-bond acceptors (Lipinski definition) is 6. The highest BCUT2D eigenvalue weighted by Gasteiger charge is 2.27. The number of fused-ring (bicyclic) bond motifs is 1. The number of hydrogen-bond donors (Lipinski definition) is 3. The van der Waals surface area contributed by atoms with Crippen LogP contribution in [0.1, 0.15) is 47.4 Å². The van der Waals surface area contributed by atoms with Crippen LogP contribution in [0.2, 0.25) is 0 Å². The Kier molecular flexibility index (Phi) is 4.64. The minimum Gasteiger partial charge on any atom is -0.481 e. The standard InChI is InChI=1S/C13H16N4O5S/c1-5(2)10-15-16-13-17(10)6(3)9(23-13)11(20)14-7(12(21)22)4-8(18)19/h5,7H,4H2,1-3H3,(H,14,20)(H,18,19)(H,21,22). The van der Waals surface area contributed by atoms with Gasteiger partial charge >= 0.3 is 11.9 Å². The molecular formula is C13H16N4O5S. The molecule has 3 N–H and O–H groups in total. The molecule has 0 aliphatic rings. The van der Waals surface area contributed by atoms with Crippen LogP contribution in [0.4, 0.5) is 0 Å². The van der Waals surface area contributed by atoms with Crippen molar-refractivity contribution in [1.82, 2.24) is 19.9 Å². The van der Waals surface area contributed by atoms with Gasteiger partial charge in [0.2, 0.25) is 4.96 Å². The van der Waals surface area contributed by atoms with Crippen LogP contribution in [0.3, 0.4) is 0 Å². The Balaban J connectivity index is 2.32. The van der Waals surface area contributed by atoms with E-state index >= 15 is 0 Å². The molecule has 2 aromatic rings. The zero-order valence-corrected chi connectivity index (χ0v) is 13.5. The van der Waals surface area contributed by atoms with Crippen molar-refractivity contribution >= 4 is 34.1 Å². The maximum Gasteiger partial charge on any atom is 0.326 e. The lowest BCUT2D eigenvalue weighted by Crippen LogP contribution is -2.42. The molecule has 0 aromatic carbocycles. The molecule has 0 aliphatic carbocycles. The minimum atomic E-state index is -1.49. The predicted molar refractivity (Wildman–Crippen MR) is 80.8 cm³/mol. The number of nitrogens with zero attached hydrogens (tertiary/aromatic N) is 3. The Morgan fingerprint density at radius 3 is 2.43 bits per heavy atom. The quantitative estimate of drug-likeness (QED) is 0.710. The second kappa shape index (κ2) is 6.32. The van der Waals surface area contributed by atoms with E-state index in [4.69, 9.17) is 10.2 Å². The van der Waals surface area contributed by atoms with Crippen molar-refractivity contribution in [2.24, 2.45) is 0 Å². The smallest absolute Gasteiger partial charge is 0.326 e. The topological polar surface area (TPSA) is 134 Å². The van der Waals surface area contributed by atoms with Gasteiger partial charge in [0.25, 0.3) is 5.91 Å². The number of rotatable bonds is 6. The van der Waals surface area contributed by atoms with E-state index in [0.717, 1.165) is 11.3 Å². The molecular weight excluding hydrogens is 324 g/mol. The molecule has 0 aliphatic heterocycles. The van der Waals surface area contributed by atoms with E-state index in [-0.39, 0.29) is 10.8 Å². The van der Waals surface area contributed by atoms with Gasteiger partial charge < -0.3 is 15.5 Å². The minimum absolute atomic E-state index is 0.105.